The van der Waals surface area contributed by atoms with Gasteiger partial charge in [-0.1, -0.05) is 13.8 Å². The zero-order valence-electron chi connectivity index (χ0n) is 9.82. The molecule has 0 rings (SSSR count). The number of rotatable bonds is 9. The number of nitrogens with zero attached hydrogens (tertiary/aromatic N) is 2. The number of thiol groups is 2. The number of hydrogen-bond acceptors (Lipinski definition) is 4. The third kappa shape index (κ3) is 10.2. The smallest absolute Gasteiger partial charge is 0.0110 e. The van der Waals surface area contributed by atoms with Gasteiger partial charge in [0.2, 0.25) is 0 Å². The maximum absolute atomic E-state index is 4.26. The summed E-state index contributed by atoms with van der Waals surface area (Å²) >= 11 is 8.53. The monoisotopic (exact) mass is 422 g/mol. The molecule has 0 aliphatic rings. The van der Waals surface area contributed by atoms with Gasteiger partial charge in [-0.05, 0) is 13.1 Å². The summed E-state index contributed by atoms with van der Waals surface area (Å²) < 4.78 is 0. The summed E-state index contributed by atoms with van der Waals surface area (Å²) in [5.41, 5.74) is 0. The normalized spacial score (nSPS) is 10.8. The van der Waals surface area contributed by atoms with E-state index in [1.54, 1.807) is 0 Å². The van der Waals surface area contributed by atoms with Crippen molar-refractivity contribution in [2.24, 2.45) is 0 Å². The largest absolute Gasteiger partial charge is 0.303 e. The van der Waals surface area contributed by atoms with Crippen LogP contribution in [-0.4, -0.2) is 60.6 Å². The summed E-state index contributed by atoms with van der Waals surface area (Å²) in [6.45, 7) is 11.2. The average Bonchev–Trinajstić information content (AvgIpc) is 2.20. The topological polar surface area (TPSA) is 6.48 Å². The summed E-state index contributed by atoms with van der Waals surface area (Å²) in [6.07, 6.45) is 0. The van der Waals surface area contributed by atoms with Crippen LogP contribution in [0, 0.1) is 0 Å². The van der Waals surface area contributed by atoms with E-state index in [4.69, 9.17) is 0 Å². The first-order valence-electron chi connectivity index (χ1n) is 5.44. The Morgan fingerprint density at radius 2 is 1.13 bits per heavy atom. The van der Waals surface area contributed by atoms with Crippen LogP contribution in [-0.2, 0) is 20.4 Å². The summed E-state index contributed by atoms with van der Waals surface area (Å²) in [7, 11) is 0. The number of likely N-dealkylation sites (N-methyl/N-ethyl adjacent to an activating group) is 1. The fourth-order valence-electron chi connectivity index (χ4n) is 1.44. The van der Waals surface area contributed by atoms with Gasteiger partial charge in [-0.25, -0.2) is 0 Å². The van der Waals surface area contributed by atoms with E-state index < -0.39 is 0 Å². The van der Waals surface area contributed by atoms with E-state index in [-0.39, 0.29) is 20.4 Å². The molecule has 0 aliphatic carbocycles. The van der Waals surface area contributed by atoms with E-state index in [1.807, 2.05) is 0 Å². The van der Waals surface area contributed by atoms with Gasteiger partial charge in [-0.15, -0.1) is 0 Å². The van der Waals surface area contributed by atoms with Crippen molar-refractivity contribution < 1.29 is 20.4 Å². The Balaban J connectivity index is 0. The predicted molar refractivity (Wildman–Crippen MR) is 71.9 cm³/mol. The maximum atomic E-state index is 4.26. The van der Waals surface area contributed by atoms with Crippen molar-refractivity contribution in [3.63, 3.8) is 0 Å². The van der Waals surface area contributed by atoms with E-state index in [0.29, 0.717) is 0 Å². The van der Waals surface area contributed by atoms with Crippen LogP contribution in [0.3, 0.4) is 0 Å². The van der Waals surface area contributed by atoms with E-state index in [9.17, 15) is 0 Å². The molecular weight excluding hydrogens is 398 g/mol. The van der Waals surface area contributed by atoms with Crippen molar-refractivity contribution in [1.29, 1.82) is 0 Å². The summed E-state index contributed by atoms with van der Waals surface area (Å²) in [5, 5.41) is 0. The van der Waals surface area contributed by atoms with E-state index in [0.717, 1.165) is 50.8 Å². The minimum atomic E-state index is 0. The summed E-state index contributed by atoms with van der Waals surface area (Å²) in [6, 6.07) is 0. The van der Waals surface area contributed by atoms with E-state index in [1.165, 1.54) is 0 Å². The molecule has 93 valence electrons. The Kier molecular flexibility index (Phi) is 16.6. The van der Waals surface area contributed by atoms with Crippen LogP contribution < -0.4 is 0 Å². The molecule has 0 aromatic heterocycles. The van der Waals surface area contributed by atoms with Crippen LogP contribution in [0.4, 0.5) is 0 Å². The molecular formula is C10H24N2ReS2. The van der Waals surface area contributed by atoms with Gasteiger partial charge < -0.3 is 9.80 Å². The SMILES string of the molecule is CCN(CC)CCN(CCS)CCS.[186Re]. The molecule has 0 aromatic carbocycles. The first-order chi connectivity index (χ1) is 6.78. The van der Waals surface area contributed by atoms with Gasteiger partial charge in [0.25, 0.3) is 0 Å². The molecule has 5 heteroatoms. The molecule has 0 atom stereocenters. The third-order valence-electron chi connectivity index (χ3n) is 2.46. The minimum absolute atomic E-state index is 0. The van der Waals surface area contributed by atoms with Gasteiger partial charge in [-0.2, -0.15) is 25.3 Å². The fourth-order valence-corrected chi connectivity index (χ4v) is 2.01. The molecule has 0 heterocycles. The predicted octanol–water partition coefficient (Wildman–Crippen LogP) is 1.49. The van der Waals surface area contributed by atoms with Crippen molar-refractivity contribution in [3.05, 3.63) is 0 Å². The molecule has 0 amide bonds. The van der Waals surface area contributed by atoms with Crippen molar-refractivity contribution >= 4 is 25.3 Å². The quantitative estimate of drug-likeness (QED) is 0.544. The second-order valence-electron chi connectivity index (χ2n) is 3.32. The Bertz CT molecular complexity index is 118. The van der Waals surface area contributed by atoms with Crippen LogP contribution in [0.15, 0.2) is 0 Å². The van der Waals surface area contributed by atoms with Crippen LogP contribution in [0.2, 0.25) is 0 Å². The molecule has 15 heavy (non-hydrogen) atoms. The molecule has 0 saturated carbocycles. The van der Waals surface area contributed by atoms with Gasteiger partial charge in [0.1, 0.15) is 0 Å². The molecule has 0 unspecified atom stereocenters. The van der Waals surface area contributed by atoms with Crippen LogP contribution >= 0.6 is 25.3 Å². The molecule has 2 nitrogen and oxygen atoms in total. The summed E-state index contributed by atoms with van der Waals surface area (Å²) in [4.78, 5) is 4.88. The Morgan fingerprint density at radius 3 is 1.47 bits per heavy atom. The van der Waals surface area contributed by atoms with Gasteiger partial charge in [0, 0.05) is 58.1 Å². The van der Waals surface area contributed by atoms with E-state index >= 15 is 0 Å². The minimum Gasteiger partial charge on any atom is -0.303 e. The van der Waals surface area contributed by atoms with Crippen LogP contribution in [0.5, 0.6) is 0 Å². The molecule has 0 aromatic rings. The maximum Gasteiger partial charge on any atom is 0.0110 e. The molecule has 0 fully saturated rings. The zero-order chi connectivity index (χ0) is 10.8. The second-order valence-corrected chi connectivity index (χ2v) is 4.21. The average molecular weight is 422 g/mol. The Hall–Kier alpha value is 1.28. The summed E-state index contributed by atoms with van der Waals surface area (Å²) in [5.74, 6) is 1.87. The van der Waals surface area contributed by atoms with Crippen molar-refractivity contribution in [3.8, 4) is 0 Å². The molecule has 0 spiro atoms. The Morgan fingerprint density at radius 1 is 0.733 bits per heavy atom. The zero-order valence-corrected chi connectivity index (χ0v) is 14.3. The first-order valence-corrected chi connectivity index (χ1v) is 6.71. The van der Waals surface area contributed by atoms with Gasteiger partial charge >= 0.3 is 0 Å². The standard InChI is InChI=1S/C10H24N2S2.Re/c1-3-11(4-2)5-6-12(7-9-13)8-10-14;/h13-14H,3-10H2,1-2H3;/i;1+0. The second kappa shape index (κ2) is 13.3. The van der Waals surface area contributed by atoms with Crippen LogP contribution in [0.1, 0.15) is 13.8 Å². The third-order valence-corrected chi connectivity index (χ3v) is 2.86. The molecule has 0 bridgehead atoms. The molecule has 0 saturated heterocycles. The van der Waals surface area contributed by atoms with Crippen molar-refractivity contribution in [2.45, 2.75) is 13.8 Å². The van der Waals surface area contributed by atoms with Crippen molar-refractivity contribution in [2.75, 3.05) is 50.8 Å². The number of hydrogen-bond donors (Lipinski definition) is 2. The van der Waals surface area contributed by atoms with Gasteiger partial charge in [0.05, 0.1) is 0 Å². The first kappa shape index (κ1) is 18.6. The van der Waals surface area contributed by atoms with Gasteiger partial charge in [0.15, 0.2) is 0 Å². The molecule has 0 N–H and O–H groups in total. The molecule has 1 radical (unpaired) electrons. The van der Waals surface area contributed by atoms with Gasteiger partial charge in [-0.3, -0.25) is 0 Å². The molecule has 0 aliphatic heterocycles. The fraction of sp³-hybridized carbons (Fsp3) is 1.00. The van der Waals surface area contributed by atoms with Crippen molar-refractivity contribution in [1.82, 2.24) is 9.80 Å². The van der Waals surface area contributed by atoms with E-state index in [2.05, 4.69) is 48.9 Å². The Labute approximate surface area is 120 Å². The van der Waals surface area contributed by atoms with Crippen LogP contribution in [0.25, 0.3) is 0 Å².